The van der Waals surface area contributed by atoms with Gasteiger partial charge in [-0.1, -0.05) is 18.2 Å². The monoisotopic (exact) mass is 204 g/mol. The van der Waals surface area contributed by atoms with Gasteiger partial charge >= 0.3 is 6.09 Å². The lowest BCUT2D eigenvalue weighted by Crippen LogP contribution is -2.43. The molecule has 0 bridgehead atoms. The Balaban J connectivity index is 2.55. The summed E-state index contributed by atoms with van der Waals surface area (Å²) >= 11 is 0. The standard InChI is InChI=1S/C11H12N2O2/c1-11(2,8-12)13-10(14)15-9-6-4-3-5-7-9/h3-7H,1-2H3,(H,13,14). The Kier molecular flexibility index (Phi) is 3.29. The van der Waals surface area contributed by atoms with Crippen LogP contribution < -0.4 is 10.1 Å². The maximum Gasteiger partial charge on any atom is 0.413 e. The van der Waals surface area contributed by atoms with Crippen LogP contribution in [-0.2, 0) is 0 Å². The minimum absolute atomic E-state index is 0.448. The summed E-state index contributed by atoms with van der Waals surface area (Å²) < 4.78 is 4.95. The molecule has 0 unspecified atom stereocenters. The number of nitriles is 1. The first-order valence-corrected chi connectivity index (χ1v) is 4.50. The molecule has 0 aliphatic carbocycles. The van der Waals surface area contributed by atoms with E-state index in [0.29, 0.717) is 5.75 Å². The molecule has 4 nitrogen and oxygen atoms in total. The molecule has 4 heteroatoms. The van der Waals surface area contributed by atoms with Gasteiger partial charge in [0.2, 0.25) is 0 Å². The number of nitrogens with zero attached hydrogens (tertiary/aromatic N) is 1. The maximum atomic E-state index is 11.3. The first-order chi connectivity index (χ1) is 7.03. The quantitative estimate of drug-likeness (QED) is 0.802. The summed E-state index contributed by atoms with van der Waals surface area (Å²) in [6.45, 7) is 3.19. The molecule has 0 saturated carbocycles. The fourth-order valence-electron chi connectivity index (χ4n) is 0.904. The molecule has 0 heterocycles. The lowest BCUT2D eigenvalue weighted by molar-refractivity contribution is 0.194. The molecule has 1 amide bonds. The van der Waals surface area contributed by atoms with E-state index in [9.17, 15) is 4.79 Å². The van der Waals surface area contributed by atoms with Crippen molar-refractivity contribution in [2.75, 3.05) is 0 Å². The van der Waals surface area contributed by atoms with E-state index < -0.39 is 11.6 Å². The SMILES string of the molecule is CC(C)(C#N)NC(=O)Oc1ccccc1. The summed E-state index contributed by atoms with van der Waals surface area (Å²) in [4.78, 5) is 11.3. The molecule has 0 atom stereocenters. The summed E-state index contributed by atoms with van der Waals surface area (Å²) in [5.74, 6) is 0.448. The fourth-order valence-corrected chi connectivity index (χ4v) is 0.904. The Hall–Kier alpha value is -2.02. The van der Waals surface area contributed by atoms with Crippen LogP contribution >= 0.6 is 0 Å². The molecule has 1 N–H and O–H groups in total. The fraction of sp³-hybridized carbons (Fsp3) is 0.273. The zero-order valence-corrected chi connectivity index (χ0v) is 8.65. The number of hydrogen-bond acceptors (Lipinski definition) is 3. The van der Waals surface area contributed by atoms with Crippen LogP contribution in [-0.4, -0.2) is 11.6 Å². The van der Waals surface area contributed by atoms with Crippen LogP contribution in [0.2, 0.25) is 0 Å². The first-order valence-electron chi connectivity index (χ1n) is 4.50. The van der Waals surface area contributed by atoms with E-state index in [1.807, 2.05) is 12.1 Å². The molecule has 0 spiro atoms. The highest BCUT2D eigenvalue weighted by atomic mass is 16.6. The molecule has 1 aromatic carbocycles. The van der Waals surface area contributed by atoms with Crippen LogP contribution in [0.3, 0.4) is 0 Å². The van der Waals surface area contributed by atoms with Crippen LogP contribution in [0, 0.1) is 11.3 Å². The number of para-hydroxylation sites is 1. The summed E-state index contributed by atoms with van der Waals surface area (Å²) in [7, 11) is 0. The van der Waals surface area contributed by atoms with Gasteiger partial charge < -0.3 is 10.1 Å². The third-order valence-electron chi connectivity index (χ3n) is 1.65. The highest BCUT2D eigenvalue weighted by Gasteiger charge is 2.20. The summed E-state index contributed by atoms with van der Waals surface area (Å²) in [5.41, 5.74) is -0.925. The van der Waals surface area contributed by atoms with Crippen LogP contribution in [0.1, 0.15) is 13.8 Å². The van der Waals surface area contributed by atoms with Crippen LogP contribution in [0.15, 0.2) is 30.3 Å². The van der Waals surface area contributed by atoms with Gasteiger partial charge in [-0.25, -0.2) is 4.79 Å². The molecular weight excluding hydrogens is 192 g/mol. The van der Waals surface area contributed by atoms with Crippen LogP contribution in [0.4, 0.5) is 4.79 Å². The van der Waals surface area contributed by atoms with Gasteiger partial charge in [0.15, 0.2) is 0 Å². The third-order valence-corrected chi connectivity index (χ3v) is 1.65. The van der Waals surface area contributed by atoms with Crippen molar-refractivity contribution in [2.24, 2.45) is 0 Å². The Bertz CT molecular complexity index is 379. The molecule has 0 aromatic heterocycles. The second-order valence-electron chi connectivity index (χ2n) is 3.56. The number of benzene rings is 1. The zero-order valence-electron chi connectivity index (χ0n) is 8.65. The van der Waals surface area contributed by atoms with Crippen molar-refractivity contribution in [1.82, 2.24) is 5.32 Å². The van der Waals surface area contributed by atoms with Gasteiger partial charge in [0.1, 0.15) is 11.3 Å². The number of hydrogen-bond donors (Lipinski definition) is 1. The van der Waals surface area contributed by atoms with Crippen molar-refractivity contribution < 1.29 is 9.53 Å². The molecule has 0 aliphatic rings. The number of carbonyl (C=O) groups is 1. The molecule has 1 aromatic rings. The van der Waals surface area contributed by atoms with Gasteiger partial charge in [-0.15, -0.1) is 0 Å². The Morgan fingerprint density at radius 3 is 2.53 bits per heavy atom. The second kappa shape index (κ2) is 4.47. The number of amides is 1. The Morgan fingerprint density at radius 1 is 1.40 bits per heavy atom. The van der Waals surface area contributed by atoms with E-state index in [1.54, 1.807) is 38.1 Å². The number of rotatable bonds is 2. The smallest absolute Gasteiger partial charge is 0.410 e. The van der Waals surface area contributed by atoms with Gasteiger partial charge in [0.25, 0.3) is 0 Å². The largest absolute Gasteiger partial charge is 0.413 e. The van der Waals surface area contributed by atoms with Crippen molar-refractivity contribution in [2.45, 2.75) is 19.4 Å². The lowest BCUT2D eigenvalue weighted by Gasteiger charge is -2.16. The minimum Gasteiger partial charge on any atom is -0.410 e. The minimum atomic E-state index is -0.925. The van der Waals surface area contributed by atoms with E-state index >= 15 is 0 Å². The molecule has 1 rings (SSSR count). The summed E-state index contributed by atoms with van der Waals surface area (Å²) in [5, 5.41) is 11.1. The number of nitrogens with one attached hydrogen (secondary N) is 1. The second-order valence-corrected chi connectivity index (χ2v) is 3.56. The van der Waals surface area contributed by atoms with Gasteiger partial charge in [-0.05, 0) is 26.0 Å². The van der Waals surface area contributed by atoms with Crippen LogP contribution in [0.25, 0.3) is 0 Å². The molecule has 0 saturated heterocycles. The molecular formula is C11H12N2O2. The topological polar surface area (TPSA) is 62.1 Å². The molecule has 0 radical (unpaired) electrons. The van der Waals surface area contributed by atoms with Crippen molar-refractivity contribution in [3.63, 3.8) is 0 Å². The molecule has 0 aliphatic heterocycles. The van der Waals surface area contributed by atoms with E-state index in [-0.39, 0.29) is 0 Å². The van der Waals surface area contributed by atoms with E-state index in [4.69, 9.17) is 10.00 Å². The molecule has 15 heavy (non-hydrogen) atoms. The van der Waals surface area contributed by atoms with Gasteiger partial charge in [0, 0.05) is 0 Å². The van der Waals surface area contributed by atoms with Crippen molar-refractivity contribution in [3.05, 3.63) is 30.3 Å². The first kappa shape index (κ1) is 11.1. The van der Waals surface area contributed by atoms with Crippen LogP contribution in [0.5, 0.6) is 5.75 Å². The average molecular weight is 204 g/mol. The lowest BCUT2D eigenvalue weighted by atomic mass is 10.1. The maximum absolute atomic E-state index is 11.3. The third kappa shape index (κ3) is 3.69. The summed E-state index contributed by atoms with van der Waals surface area (Å²) in [6.07, 6.45) is -0.632. The average Bonchev–Trinajstić information content (AvgIpc) is 2.18. The number of carbonyl (C=O) groups excluding carboxylic acids is 1. The predicted octanol–water partition coefficient (Wildman–Crippen LogP) is 2.08. The zero-order chi connectivity index (χ0) is 11.3. The predicted molar refractivity (Wildman–Crippen MR) is 55.3 cm³/mol. The highest BCUT2D eigenvalue weighted by molar-refractivity contribution is 5.71. The van der Waals surface area contributed by atoms with Crippen molar-refractivity contribution in [1.29, 1.82) is 5.26 Å². The number of ether oxygens (including phenoxy) is 1. The Morgan fingerprint density at radius 2 is 2.00 bits per heavy atom. The molecule has 78 valence electrons. The van der Waals surface area contributed by atoms with Crippen molar-refractivity contribution in [3.8, 4) is 11.8 Å². The summed E-state index contributed by atoms with van der Waals surface area (Å²) in [6, 6.07) is 10.6. The van der Waals surface area contributed by atoms with E-state index in [2.05, 4.69) is 5.32 Å². The van der Waals surface area contributed by atoms with Gasteiger partial charge in [0.05, 0.1) is 6.07 Å². The normalized spacial score (nSPS) is 10.2. The Labute approximate surface area is 88.5 Å². The molecule has 0 fully saturated rings. The van der Waals surface area contributed by atoms with Gasteiger partial charge in [-0.3, -0.25) is 0 Å². The van der Waals surface area contributed by atoms with Gasteiger partial charge in [-0.2, -0.15) is 5.26 Å². The van der Waals surface area contributed by atoms with E-state index in [0.717, 1.165) is 0 Å². The van der Waals surface area contributed by atoms with Crippen molar-refractivity contribution >= 4 is 6.09 Å². The van der Waals surface area contributed by atoms with E-state index in [1.165, 1.54) is 0 Å². The highest BCUT2D eigenvalue weighted by Crippen LogP contribution is 2.09.